The molecule has 5 heteroatoms. The van der Waals surface area contributed by atoms with Gasteiger partial charge in [-0.3, -0.25) is 4.79 Å². The summed E-state index contributed by atoms with van der Waals surface area (Å²) < 4.78 is 0. The van der Waals surface area contributed by atoms with E-state index in [9.17, 15) is 4.79 Å². The van der Waals surface area contributed by atoms with Gasteiger partial charge in [-0.2, -0.15) is 0 Å². The third-order valence-electron chi connectivity index (χ3n) is 2.45. The van der Waals surface area contributed by atoms with Gasteiger partial charge in [0.2, 0.25) is 5.91 Å². The second kappa shape index (κ2) is 6.59. The van der Waals surface area contributed by atoms with Crippen molar-refractivity contribution in [2.45, 2.75) is 11.9 Å². The summed E-state index contributed by atoms with van der Waals surface area (Å²) in [6, 6.07) is 11.0. The molecule has 1 aromatic carbocycles. The molecule has 0 spiro atoms. The van der Waals surface area contributed by atoms with Gasteiger partial charge >= 0.3 is 0 Å². The molecule has 2 rings (SSSR count). The minimum Gasteiger partial charge on any atom is -0.325 e. The van der Waals surface area contributed by atoms with Crippen molar-refractivity contribution >= 4 is 35.0 Å². The highest BCUT2D eigenvalue weighted by molar-refractivity contribution is 7.99. The molecule has 0 atom stereocenters. The van der Waals surface area contributed by atoms with Gasteiger partial charge in [-0.15, -0.1) is 0 Å². The molecule has 0 saturated heterocycles. The molecule has 0 aliphatic carbocycles. The number of hydrogen-bond donors (Lipinski definition) is 1. The van der Waals surface area contributed by atoms with Crippen LogP contribution in [0.2, 0.25) is 5.02 Å². The molecule has 1 N–H and O–H groups in total. The molecular formula is C14H13ClN2OS. The van der Waals surface area contributed by atoms with E-state index in [0.717, 1.165) is 16.3 Å². The van der Waals surface area contributed by atoms with Crippen molar-refractivity contribution < 1.29 is 4.79 Å². The van der Waals surface area contributed by atoms with E-state index in [2.05, 4.69) is 10.3 Å². The number of hydrogen-bond acceptors (Lipinski definition) is 3. The lowest BCUT2D eigenvalue weighted by atomic mass is 10.2. The number of rotatable bonds is 4. The molecule has 0 unspecified atom stereocenters. The average molecular weight is 293 g/mol. The van der Waals surface area contributed by atoms with Gasteiger partial charge in [0.15, 0.2) is 0 Å². The molecule has 1 aromatic heterocycles. The van der Waals surface area contributed by atoms with Crippen molar-refractivity contribution in [2.24, 2.45) is 0 Å². The van der Waals surface area contributed by atoms with Crippen LogP contribution in [0.4, 0.5) is 5.69 Å². The predicted octanol–water partition coefficient (Wildman–Crippen LogP) is 3.77. The molecule has 2 aromatic rings. The second-order valence-electron chi connectivity index (χ2n) is 3.96. The number of pyridine rings is 1. The summed E-state index contributed by atoms with van der Waals surface area (Å²) in [7, 11) is 0. The number of benzene rings is 1. The predicted molar refractivity (Wildman–Crippen MR) is 79.8 cm³/mol. The molecule has 19 heavy (non-hydrogen) atoms. The summed E-state index contributed by atoms with van der Waals surface area (Å²) in [4.78, 5) is 16.0. The largest absolute Gasteiger partial charge is 0.325 e. The van der Waals surface area contributed by atoms with Gasteiger partial charge in [0.1, 0.15) is 0 Å². The molecule has 3 nitrogen and oxygen atoms in total. The summed E-state index contributed by atoms with van der Waals surface area (Å²) in [5.74, 6) is 0.278. The average Bonchev–Trinajstić information content (AvgIpc) is 2.41. The van der Waals surface area contributed by atoms with Crippen LogP contribution in [-0.2, 0) is 4.79 Å². The Labute approximate surface area is 121 Å². The van der Waals surface area contributed by atoms with Crippen LogP contribution in [0.25, 0.3) is 0 Å². The molecule has 0 fully saturated rings. The van der Waals surface area contributed by atoms with Crippen LogP contribution in [0, 0.1) is 6.92 Å². The Hall–Kier alpha value is -1.52. The van der Waals surface area contributed by atoms with E-state index in [4.69, 9.17) is 11.6 Å². The maximum atomic E-state index is 11.8. The summed E-state index contributed by atoms with van der Waals surface area (Å²) in [6.07, 6.45) is 1.71. The topological polar surface area (TPSA) is 42.0 Å². The number of anilines is 1. The van der Waals surface area contributed by atoms with Gasteiger partial charge < -0.3 is 5.32 Å². The molecule has 1 heterocycles. The van der Waals surface area contributed by atoms with Crippen LogP contribution in [-0.4, -0.2) is 16.6 Å². The fourth-order valence-electron chi connectivity index (χ4n) is 1.53. The fourth-order valence-corrected chi connectivity index (χ4v) is 2.41. The maximum absolute atomic E-state index is 11.8. The number of aromatic nitrogens is 1. The van der Waals surface area contributed by atoms with Crippen molar-refractivity contribution in [1.82, 2.24) is 4.98 Å². The van der Waals surface area contributed by atoms with Gasteiger partial charge in [-0.05, 0) is 42.8 Å². The summed E-state index contributed by atoms with van der Waals surface area (Å²) >= 11 is 7.28. The van der Waals surface area contributed by atoms with Crippen molar-refractivity contribution in [3.63, 3.8) is 0 Å². The molecule has 0 saturated carbocycles. The zero-order valence-corrected chi connectivity index (χ0v) is 12.0. The highest BCUT2D eigenvalue weighted by atomic mass is 35.5. The number of thioether (sulfide) groups is 1. The number of nitrogens with zero attached hydrogens (tertiary/aromatic N) is 1. The van der Waals surface area contributed by atoms with Gasteiger partial charge in [0, 0.05) is 16.9 Å². The standard InChI is InChI=1S/C14H13ClN2OS/c1-10-8-11(15)5-6-12(10)17-13(18)9-19-14-4-2-3-7-16-14/h2-8H,9H2,1H3,(H,17,18). The smallest absolute Gasteiger partial charge is 0.234 e. The summed E-state index contributed by atoms with van der Waals surface area (Å²) in [5.41, 5.74) is 1.74. The van der Waals surface area contributed by atoms with Crippen LogP contribution >= 0.6 is 23.4 Å². The van der Waals surface area contributed by atoms with Crippen molar-refractivity contribution in [3.8, 4) is 0 Å². The molecule has 0 bridgehead atoms. The van der Waals surface area contributed by atoms with Crippen molar-refractivity contribution in [3.05, 3.63) is 53.2 Å². The van der Waals surface area contributed by atoms with Crippen LogP contribution < -0.4 is 5.32 Å². The normalized spacial score (nSPS) is 10.2. The minimum atomic E-state index is -0.0546. The molecule has 98 valence electrons. The Morgan fingerprint density at radius 1 is 1.37 bits per heavy atom. The molecule has 0 radical (unpaired) electrons. The molecule has 0 aliphatic rings. The van der Waals surface area contributed by atoms with Crippen LogP contribution in [0.5, 0.6) is 0 Å². The molecular weight excluding hydrogens is 280 g/mol. The quantitative estimate of drug-likeness (QED) is 0.872. The summed E-state index contributed by atoms with van der Waals surface area (Å²) in [6.45, 7) is 1.91. The highest BCUT2D eigenvalue weighted by Gasteiger charge is 2.06. The number of amides is 1. The van der Waals surface area contributed by atoms with Crippen LogP contribution in [0.3, 0.4) is 0 Å². The first-order valence-electron chi connectivity index (χ1n) is 5.75. The first-order chi connectivity index (χ1) is 9.15. The third-order valence-corrected chi connectivity index (χ3v) is 3.63. The van der Waals surface area contributed by atoms with Gasteiger partial charge in [0.05, 0.1) is 10.8 Å². The Bertz CT molecular complexity index is 575. The highest BCUT2D eigenvalue weighted by Crippen LogP contribution is 2.20. The van der Waals surface area contributed by atoms with Gasteiger partial charge in [0.25, 0.3) is 0 Å². The SMILES string of the molecule is Cc1cc(Cl)ccc1NC(=O)CSc1ccccn1. The lowest BCUT2D eigenvalue weighted by Crippen LogP contribution is -2.14. The van der Waals surface area contributed by atoms with E-state index in [1.165, 1.54) is 11.8 Å². The van der Waals surface area contributed by atoms with E-state index in [-0.39, 0.29) is 5.91 Å². The van der Waals surface area contributed by atoms with Crippen LogP contribution in [0.1, 0.15) is 5.56 Å². The van der Waals surface area contributed by atoms with Crippen molar-refractivity contribution in [1.29, 1.82) is 0 Å². The molecule has 1 amide bonds. The number of nitrogens with one attached hydrogen (secondary N) is 1. The minimum absolute atomic E-state index is 0.0546. The lowest BCUT2D eigenvalue weighted by molar-refractivity contribution is -0.113. The van der Waals surface area contributed by atoms with E-state index in [1.807, 2.05) is 31.2 Å². The lowest BCUT2D eigenvalue weighted by Gasteiger charge is -2.08. The first-order valence-corrected chi connectivity index (χ1v) is 7.11. The molecule has 0 aliphatic heterocycles. The van der Waals surface area contributed by atoms with Gasteiger partial charge in [-0.1, -0.05) is 29.4 Å². The first kappa shape index (κ1) is 13.9. The number of aryl methyl sites for hydroxylation is 1. The van der Waals surface area contributed by atoms with Gasteiger partial charge in [-0.25, -0.2) is 4.98 Å². The Kier molecular flexibility index (Phi) is 4.82. The maximum Gasteiger partial charge on any atom is 0.234 e. The van der Waals surface area contributed by atoms with E-state index >= 15 is 0 Å². The van der Waals surface area contributed by atoms with E-state index in [0.29, 0.717) is 10.8 Å². The monoisotopic (exact) mass is 292 g/mol. The summed E-state index contributed by atoms with van der Waals surface area (Å²) in [5, 5.41) is 4.37. The van der Waals surface area contributed by atoms with E-state index in [1.54, 1.807) is 18.3 Å². The van der Waals surface area contributed by atoms with Crippen LogP contribution in [0.15, 0.2) is 47.6 Å². The zero-order valence-electron chi connectivity index (χ0n) is 10.4. The Morgan fingerprint density at radius 2 is 2.21 bits per heavy atom. The zero-order chi connectivity index (χ0) is 13.7. The number of carbonyl (C=O) groups is 1. The second-order valence-corrected chi connectivity index (χ2v) is 5.40. The number of carbonyl (C=O) groups excluding carboxylic acids is 1. The fraction of sp³-hybridized carbons (Fsp3) is 0.143. The van der Waals surface area contributed by atoms with E-state index < -0.39 is 0 Å². The van der Waals surface area contributed by atoms with Crippen molar-refractivity contribution in [2.75, 3.05) is 11.1 Å². The third kappa shape index (κ3) is 4.26. The Balaban J connectivity index is 1.91. The number of halogens is 1. The Morgan fingerprint density at radius 3 is 2.89 bits per heavy atom.